The summed E-state index contributed by atoms with van der Waals surface area (Å²) in [7, 11) is 1.35. The van der Waals surface area contributed by atoms with Crippen molar-refractivity contribution in [2.24, 2.45) is 5.92 Å². The molecular formula is C14H29NO5. The third-order valence-corrected chi connectivity index (χ3v) is 2.68. The Kier molecular flexibility index (Phi) is 10.6. The first-order chi connectivity index (χ1) is 9.38. The molecule has 0 aromatic carbocycles. The lowest BCUT2D eigenvalue weighted by molar-refractivity contribution is -0.144. The molecule has 120 valence electrons. The van der Waals surface area contributed by atoms with Crippen LogP contribution in [0.3, 0.4) is 0 Å². The minimum absolute atomic E-state index is 0.0926. The number of aliphatic hydroxyl groups excluding tert-OH is 1. The lowest BCUT2D eigenvalue weighted by atomic mass is 10.0. The van der Waals surface area contributed by atoms with Crippen molar-refractivity contribution in [3.8, 4) is 0 Å². The molecule has 0 amide bonds. The third kappa shape index (κ3) is 9.25. The predicted molar refractivity (Wildman–Crippen MR) is 76.6 cm³/mol. The number of ether oxygens (including phenoxy) is 3. The van der Waals surface area contributed by atoms with Gasteiger partial charge in [-0.15, -0.1) is 0 Å². The molecule has 0 bridgehead atoms. The van der Waals surface area contributed by atoms with Gasteiger partial charge in [-0.25, -0.2) is 0 Å². The topological polar surface area (TPSA) is 77.0 Å². The Balaban J connectivity index is 3.79. The monoisotopic (exact) mass is 291 g/mol. The molecule has 0 radical (unpaired) electrons. The Morgan fingerprint density at radius 2 is 1.85 bits per heavy atom. The maximum absolute atomic E-state index is 11.5. The molecule has 0 aromatic rings. The molecule has 0 aliphatic carbocycles. The summed E-state index contributed by atoms with van der Waals surface area (Å²) in [4.78, 5) is 11.5. The Morgan fingerprint density at radius 3 is 2.35 bits per heavy atom. The van der Waals surface area contributed by atoms with Gasteiger partial charge in [0.1, 0.15) is 6.04 Å². The van der Waals surface area contributed by atoms with Gasteiger partial charge in [0.05, 0.1) is 39.1 Å². The first-order valence-electron chi connectivity index (χ1n) is 7.07. The summed E-state index contributed by atoms with van der Waals surface area (Å²) in [6.07, 6.45) is -0.489. The van der Waals surface area contributed by atoms with E-state index in [1.54, 1.807) is 0 Å². The molecule has 0 saturated heterocycles. The van der Waals surface area contributed by atoms with E-state index in [1.165, 1.54) is 7.11 Å². The van der Waals surface area contributed by atoms with Crippen LogP contribution in [0.25, 0.3) is 0 Å². The minimum atomic E-state index is -0.667. The van der Waals surface area contributed by atoms with Crippen LogP contribution in [0.1, 0.15) is 27.7 Å². The summed E-state index contributed by atoms with van der Waals surface area (Å²) in [6, 6.07) is -0.418. The smallest absolute Gasteiger partial charge is 0.323 e. The Labute approximate surface area is 121 Å². The number of carbonyl (C=O) groups is 1. The Hall–Kier alpha value is -0.690. The van der Waals surface area contributed by atoms with Gasteiger partial charge in [-0.1, -0.05) is 13.8 Å². The van der Waals surface area contributed by atoms with Crippen molar-refractivity contribution in [1.29, 1.82) is 0 Å². The number of methoxy groups -OCH3 is 1. The summed E-state index contributed by atoms with van der Waals surface area (Å²) < 4.78 is 15.3. The average molecular weight is 291 g/mol. The van der Waals surface area contributed by atoms with E-state index in [-0.39, 0.29) is 31.1 Å². The van der Waals surface area contributed by atoms with Gasteiger partial charge < -0.3 is 24.6 Å². The van der Waals surface area contributed by atoms with Crippen molar-refractivity contribution in [2.75, 3.05) is 33.5 Å². The Morgan fingerprint density at radius 1 is 1.20 bits per heavy atom. The zero-order chi connectivity index (χ0) is 15.5. The van der Waals surface area contributed by atoms with Crippen molar-refractivity contribution >= 4 is 5.97 Å². The van der Waals surface area contributed by atoms with Crippen molar-refractivity contribution < 1.29 is 24.1 Å². The first kappa shape index (κ1) is 19.3. The SMILES string of the molecule is COC(=O)C(NCC(O)COCCOC(C)C)C(C)C. The van der Waals surface area contributed by atoms with E-state index in [9.17, 15) is 9.90 Å². The van der Waals surface area contributed by atoms with Crippen LogP contribution >= 0.6 is 0 Å². The van der Waals surface area contributed by atoms with Crippen LogP contribution in [-0.4, -0.2) is 62.8 Å². The van der Waals surface area contributed by atoms with E-state index in [0.29, 0.717) is 13.2 Å². The molecule has 0 aliphatic heterocycles. The van der Waals surface area contributed by atoms with E-state index in [2.05, 4.69) is 5.32 Å². The van der Waals surface area contributed by atoms with Gasteiger partial charge in [-0.05, 0) is 19.8 Å². The van der Waals surface area contributed by atoms with Crippen molar-refractivity contribution in [3.05, 3.63) is 0 Å². The van der Waals surface area contributed by atoms with E-state index in [0.717, 1.165) is 0 Å². The van der Waals surface area contributed by atoms with Gasteiger partial charge >= 0.3 is 5.97 Å². The summed E-state index contributed by atoms with van der Waals surface area (Å²) in [6.45, 7) is 9.19. The predicted octanol–water partition coefficient (Wildman–Crippen LogP) is 0.576. The highest BCUT2D eigenvalue weighted by Crippen LogP contribution is 2.03. The average Bonchev–Trinajstić information content (AvgIpc) is 2.37. The molecule has 0 heterocycles. The van der Waals surface area contributed by atoms with Crippen molar-refractivity contribution in [3.63, 3.8) is 0 Å². The molecule has 20 heavy (non-hydrogen) atoms. The van der Waals surface area contributed by atoms with Crippen LogP contribution < -0.4 is 5.32 Å². The molecule has 0 rings (SSSR count). The molecule has 0 saturated carbocycles. The van der Waals surface area contributed by atoms with Crippen LogP contribution in [0.15, 0.2) is 0 Å². The fourth-order valence-corrected chi connectivity index (χ4v) is 1.60. The lowest BCUT2D eigenvalue weighted by Gasteiger charge is -2.21. The van der Waals surface area contributed by atoms with Gasteiger partial charge in [0.15, 0.2) is 0 Å². The zero-order valence-electron chi connectivity index (χ0n) is 13.2. The molecule has 0 aromatic heterocycles. The number of aliphatic hydroxyl groups is 1. The number of carbonyl (C=O) groups excluding carboxylic acids is 1. The van der Waals surface area contributed by atoms with E-state index >= 15 is 0 Å². The van der Waals surface area contributed by atoms with Crippen LogP contribution in [-0.2, 0) is 19.0 Å². The molecule has 2 N–H and O–H groups in total. The summed E-state index contributed by atoms with van der Waals surface area (Å²) in [5.41, 5.74) is 0. The number of hydrogen-bond donors (Lipinski definition) is 2. The molecule has 2 unspecified atom stereocenters. The Bertz CT molecular complexity index is 258. The number of rotatable bonds is 11. The molecule has 6 heteroatoms. The highest BCUT2D eigenvalue weighted by molar-refractivity contribution is 5.75. The zero-order valence-corrected chi connectivity index (χ0v) is 13.2. The van der Waals surface area contributed by atoms with E-state index in [4.69, 9.17) is 14.2 Å². The fourth-order valence-electron chi connectivity index (χ4n) is 1.60. The lowest BCUT2D eigenvalue weighted by Crippen LogP contribution is -2.45. The van der Waals surface area contributed by atoms with Gasteiger partial charge in [0.25, 0.3) is 0 Å². The van der Waals surface area contributed by atoms with Gasteiger partial charge in [-0.3, -0.25) is 4.79 Å². The second-order valence-electron chi connectivity index (χ2n) is 5.30. The minimum Gasteiger partial charge on any atom is -0.468 e. The quantitative estimate of drug-likeness (QED) is 0.428. The van der Waals surface area contributed by atoms with E-state index < -0.39 is 12.1 Å². The van der Waals surface area contributed by atoms with Crippen molar-refractivity contribution in [1.82, 2.24) is 5.32 Å². The van der Waals surface area contributed by atoms with Crippen LogP contribution in [0.4, 0.5) is 0 Å². The molecule has 6 nitrogen and oxygen atoms in total. The molecule has 0 aliphatic rings. The third-order valence-electron chi connectivity index (χ3n) is 2.68. The molecular weight excluding hydrogens is 262 g/mol. The number of nitrogens with one attached hydrogen (secondary N) is 1. The van der Waals surface area contributed by atoms with Crippen LogP contribution in [0.5, 0.6) is 0 Å². The fraction of sp³-hybridized carbons (Fsp3) is 0.929. The maximum Gasteiger partial charge on any atom is 0.323 e. The van der Waals surface area contributed by atoms with Crippen LogP contribution in [0, 0.1) is 5.92 Å². The summed E-state index contributed by atoms with van der Waals surface area (Å²) in [5, 5.41) is 12.8. The van der Waals surface area contributed by atoms with Gasteiger partial charge in [0.2, 0.25) is 0 Å². The normalized spacial score (nSPS) is 14.6. The highest BCUT2D eigenvalue weighted by atomic mass is 16.5. The molecule has 2 atom stereocenters. The maximum atomic E-state index is 11.5. The molecule has 0 spiro atoms. The van der Waals surface area contributed by atoms with Crippen molar-refractivity contribution in [2.45, 2.75) is 45.9 Å². The number of hydrogen-bond acceptors (Lipinski definition) is 6. The standard InChI is InChI=1S/C14H29NO5/c1-10(2)13(14(17)18-5)15-8-12(16)9-19-6-7-20-11(3)4/h10-13,15-16H,6-9H2,1-5H3. The van der Waals surface area contributed by atoms with Gasteiger partial charge in [-0.2, -0.15) is 0 Å². The largest absolute Gasteiger partial charge is 0.468 e. The second-order valence-corrected chi connectivity index (χ2v) is 5.30. The number of esters is 1. The second kappa shape index (κ2) is 11.0. The van der Waals surface area contributed by atoms with Crippen LogP contribution in [0.2, 0.25) is 0 Å². The first-order valence-corrected chi connectivity index (χ1v) is 7.07. The summed E-state index contributed by atoms with van der Waals surface area (Å²) >= 11 is 0. The van der Waals surface area contributed by atoms with E-state index in [1.807, 2.05) is 27.7 Å². The summed E-state index contributed by atoms with van der Waals surface area (Å²) in [5.74, 6) is -0.228. The van der Waals surface area contributed by atoms with Gasteiger partial charge in [0, 0.05) is 6.54 Å². The molecule has 0 fully saturated rings. The highest BCUT2D eigenvalue weighted by Gasteiger charge is 2.23.